The lowest BCUT2D eigenvalue weighted by Gasteiger charge is -2.09. The Kier molecular flexibility index (Phi) is 5.06. The van der Waals surface area contributed by atoms with Crippen molar-refractivity contribution in [2.24, 2.45) is 0 Å². The first kappa shape index (κ1) is 16.0. The molecule has 2 aromatic heterocycles. The molecule has 1 aromatic carbocycles. The number of allylic oxidation sites excluding steroid dienone is 4. The fourth-order valence-corrected chi connectivity index (χ4v) is 2.66. The molecule has 4 heteroatoms. The Bertz CT molecular complexity index is 837. The van der Waals surface area contributed by atoms with E-state index in [-0.39, 0.29) is 0 Å². The standard InChI is InChI=1S/C20H22N4/c1-3-8-17(4-2)12-24-15-21-11-19(24)13-23-14-20(22-16-23)18-9-6-5-7-10-18/h3-11,14-16H,12-13H2,1-2H3/b8-3-,17-4+. The van der Waals surface area contributed by atoms with Crippen LogP contribution in [0.4, 0.5) is 0 Å². The summed E-state index contributed by atoms with van der Waals surface area (Å²) in [5.41, 5.74) is 4.56. The van der Waals surface area contributed by atoms with E-state index in [4.69, 9.17) is 0 Å². The van der Waals surface area contributed by atoms with E-state index in [1.54, 1.807) is 0 Å². The molecule has 0 aliphatic rings. The first-order valence-electron chi connectivity index (χ1n) is 8.14. The van der Waals surface area contributed by atoms with E-state index in [2.05, 4.69) is 62.6 Å². The molecule has 3 aromatic rings. The predicted molar refractivity (Wildman–Crippen MR) is 97.6 cm³/mol. The molecule has 3 rings (SSSR count). The molecule has 0 aliphatic carbocycles. The van der Waals surface area contributed by atoms with Crippen LogP contribution >= 0.6 is 0 Å². The molecule has 0 bridgehead atoms. The van der Waals surface area contributed by atoms with Gasteiger partial charge in [0.05, 0.1) is 30.6 Å². The van der Waals surface area contributed by atoms with Crippen LogP contribution in [0.1, 0.15) is 19.5 Å². The summed E-state index contributed by atoms with van der Waals surface area (Å²) in [5.74, 6) is 0. The van der Waals surface area contributed by atoms with E-state index < -0.39 is 0 Å². The van der Waals surface area contributed by atoms with Gasteiger partial charge in [0.25, 0.3) is 0 Å². The summed E-state index contributed by atoms with van der Waals surface area (Å²) in [6.07, 6.45) is 14.1. The van der Waals surface area contributed by atoms with Crippen LogP contribution in [-0.2, 0) is 13.1 Å². The Morgan fingerprint density at radius 3 is 2.71 bits per heavy atom. The Morgan fingerprint density at radius 1 is 1.12 bits per heavy atom. The molecule has 24 heavy (non-hydrogen) atoms. The van der Waals surface area contributed by atoms with Crippen molar-refractivity contribution < 1.29 is 0 Å². The van der Waals surface area contributed by atoms with Gasteiger partial charge >= 0.3 is 0 Å². The van der Waals surface area contributed by atoms with Gasteiger partial charge in [-0.3, -0.25) is 0 Å². The molecule has 0 saturated heterocycles. The normalized spacial score (nSPS) is 12.2. The second kappa shape index (κ2) is 7.59. The number of nitrogens with zero attached hydrogens (tertiary/aromatic N) is 4. The van der Waals surface area contributed by atoms with Gasteiger partial charge in [-0.25, -0.2) is 9.97 Å². The summed E-state index contributed by atoms with van der Waals surface area (Å²) in [4.78, 5) is 8.82. The van der Waals surface area contributed by atoms with E-state index in [9.17, 15) is 0 Å². The van der Waals surface area contributed by atoms with Crippen LogP contribution in [0.25, 0.3) is 11.3 Å². The quantitative estimate of drug-likeness (QED) is 0.635. The van der Waals surface area contributed by atoms with Gasteiger partial charge in [-0.15, -0.1) is 0 Å². The van der Waals surface area contributed by atoms with Crippen LogP contribution in [0.15, 0.2) is 79.2 Å². The largest absolute Gasteiger partial charge is 0.331 e. The van der Waals surface area contributed by atoms with Crippen molar-refractivity contribution >= 4 is 0 Å². The summed E-state index contributed by atoms with van der Waals surface area (Å²) in [7, 11) is 0. The zero-order valence-electron chi connectivity index (χ0n) is 14.1. The zero-order chi connectivity index (χ0) is 16.8. The highest BCUT2D eigenvalue weighted by Gasteiger charge is 2.06. The number of hydrogen-bond acceptors (Lipinski definition) is 2. The number of rotatable bonds is 6. The minimum atomic E-state index is 0.757. The monoisotopic (exact) mass is 318 g/mol. The Balaban J connectivity index is 1.76. The van der Waals surface area contributed by atoms with Crippen LogP contribution in [0.2, 0.25) is 0 Å². The van der Waals surface area contributed by atoms with Gasteiger partial charge < -0.3 is 9.13 Å². The van der Waals surface area contributed by atoms with Crippen LogP contribution in [0.3, 0.4) is 0 Å². The van der Waals surface area contributed by atoms with Gasteiger partial charge in [-0.1, -0.05) is 48.6 Å². The highest BCUT2D eigenvalue weighted by atomic mass is 15.1. The number of hydrogen-bond donors (Lipinski definition) is 0. The van der Waals surface area contributed by atoms with E-state index >= 15 is 0 Å². The number of imidazole rings is 2. The Labute approximate surface area is 142 Å². The van der Waals surface area contributed by atoms with Crippen LogP contribution < -0.4 is 0 Å². The maximum Gasteiger partial charge on any atom is 0.0957 e. The van der Waals surface area contributed by atoms with Crippen molar-refractivity contribution in [1.29, 1.82) is 0 Å². The van der Waals surface area contributed by atoms with E-state index in [0.717, 1.165) is 30.0 Å². The Hall–Kier alpha value is -2.88. The summed E-state index contributed by atoms with van der Waals surface area (Å²) in [6, 6.07) is 10.2. The van der Waals surface area contributed by atoms with Crippen molar-refractivity contribution in [3.63, 3.8) is 0 Å². The molecule has 0 saturated carbocycles. The summed E-state index contributed by atoms with van der Waals surface area (Å²) in [5, 5.41) is 0. The Morgan fingerprint density at radius 2 is 1.96 bits per heavy atom. The minimum Gasteiger partial charge on any atom is -0.331 e. The molecule has 0 unspecified atom stereocenters. The number of aromatic nitrogens is 4. The van der Waals surface area contributed by atoms with Crippen molar-refractivity contribution in [3.8, 4) is 11.3 Å². The van der Waals surface area contributed by atoms with Crippen molar-refractivity contribution in [3.05, 3.63) is 84.9 Å². The van der Waals surface area contributed by atoms with Gasteiger partial charge in [0.1, 0.15) is 0 Å². The number of benzene rings is 1. The zero-order valence-corrected chi connectivity index (χ0v) is 14.1. The van der Waals surface area contributed by atoms with Gasteiger partial charge in [-0.2, -0.15) is 0 Å². The molecular weight excluding hydrogens is 296 g/mol. The SMILES string of the molecule is C/C=C\C(=C/C)Cn1cncc1Cn1cnc(-c2ccccc2)c1. The van der Waals surface area contributed by atoms with E-state index in [1.807, 2.05) is 44.0 Å². The topological polar surface area (TPSA) is 35.6 Å². The van der Waals surface area contributed by atoms with Gasteiger partial charge in [0.15, 0.2) is 0 Å². The second-order valence-electron chi connectivity index (χ2n) is 5.67. The molecule has 0 N–H and O–H groups in total. The summed E-state index contributed by atoms with van der Waals surface area (Å²) in [6.45, 7) is 5.69. The third-order valence-electron chi connectivity index (χ3n) is 3.95. The molecule has 0 fully saturated rings. The molecule has 4 nitrogen and oxygen atoms in total. The van der Waals surface area contributed by atoms with Crippen molar-refractivity contribution in [1.82, 2.24) is 19.1 Å². The maximum atomic E-state index is 4.51. The van der Waals surface area contributed by atoms with Gasteiger partial charge in [-0.05, 0) is 19.4 Å². The van der Waals surface area contributed by atoms with E-state index in [1.165, 1.54) is 5.57 Å². The second-order valence-corrected chi connectivity index (χ2v) is 5.67. The average molecular weight is 318 g/mol. The first-order valence-corrected chi connectivity index (χ1v) is 8.14. The lowest BCUT2D eigenvalue weighted by molar-refractivity contribution is 0.684. The smallest absolute Gasteiger partial charge is 0.0957 e. The van der Waals surface area contributed by atoms with Crippen molar-refractivity contribution in [2.75, 3.05) is 0 Å². The highest BCUT2D eigenvalue weighted by molar-refractivity contribution is 5.57. The van der Waals surface area contributed by atoms with Gasteiger partial charge in [0.2, 0.25) is 0 Å². The molecular formula is C20H22N4. The molecule has 0 radical (unpaired) electrons. The molecule has 0 atom stereocenters. The van der Waals surface area contributed by atoms with E-state index in [0.29, 0.717) is 0 Å². The summed E-state index contributed by atoms with van der Waals surface area (Å²) >= 11 is 0. The first-order chi connectivity index (χ1) is 11.8. The fraction of sp³-hybridized carbons (Fsp3) is 0.200. The molecule has 0 aliphatic heterocycles. The summed E-state index contributed by atoms with van der Waals surface area (Å²) < 4.78 is 4.28. The van der Waals surface area contributed by atoms with Gasteiger partial charge in [0, 0.05) is 24.5 Å². The lowest BCUT2D eigenvalue weighted by Crippen LogP contribution is -2.07. The van der Waals surface area contributed by atoms with Crippen molar-refractivity contribution in [2.45, 2.75) is 26.9 Å². The third kappa shape index (κ3) is 3.71. The fourth-order valence-electron chi connectivity index (χ4n) is 2.66. The molecule has 2 heterocycles. The molecule has 0 amide bonds. The molecule has 0 spiro atoms. The van der Waals surface area contributed by atoms with Crippen LogP contribution in [0.5, 0.6) is 0 Å². The average Bonchev–Trinajstić information content (AvgIpc) is 3.25. The lowest BCUT2D eigenvalue weighted by atomic mass is 10.2. The maximum absolute atomic E-state index is 4.51. The van der Waals surface area contributed by atoms with Crippen LogP contribution in [0, 0.1) is 0 Å². The van der Waals surface area contributed by atoms with Crippen LogP contribution in [-0.4, -0.2) is 19.1 Å². The molecule has 122 valence electrons. The highest BCUT2D eigenvalue weighted by Crippen LogP contribution is 2.17. The minimum absolute atomic E-state index is 0.757. The third-order valence-corrected chi connectivity index (χ3v) is 3.95. The predicted octanol–water partition coefficient (Wildman–Crippen LogP) is 4.32.